The molecule has 0 radical (unpaired) electrons. The van der Waals surface area contributed by atoms with Crippen molar-refractivity contribution in [2.45, 2.75) is 19.4 Å². The van der Waals surface area contributed by atoms with Crippen molar-refractivity contribution < 1.29 is 4.79 Å². The Labute approximate surface area is 192 Å². The lowest BCUT2D eigenvalue weighted by Gasteiger charge is -2.32. The number of urea groups is 1. The highest BCUT2D eigenvalue weighted by atomic mass is 16.2. The first-order valence-corrected chi connectivity index (χ1v) is 11.2. The van der Waals surface area contributed by atoms with Crippen LogP contribution in [0.25, 0.3) is 21.5 Å². The van der Waals surface area contributed by atoms with Crippen LogP contribution in [0, 0.1) is 5.92 Å². The second-order valence-electron chi connectivity index (χ2n) is 8.46. The maximum absolute atomic E-state index is 12.6. The van der Waals surface area contributed by atoms with E-state index in [4.69, 9.17) is 5.73 Å². The number of nitrogens with zero attached hydrogens (tertiary/aromatic N) is 4. The maximum Gasteiger partial charge on any atom is 0.347 e. The van der Waals surface area contributed by atoms with Gasteiger partial charge in [-0.1, -0.05) is 30.3 Å². The first-order valence-electron chi connectivity index (χ1n) is 11.2. The van der Waals surface area contributed by atoms with Crippen LogP contribution in [0.3, 0.4) is 0 Å². The van der Waals surface area contributed by atoms with Crippen molar-refractivity contribution >= 4 is 39.1 Å². The largest absolute Gasteiger partial charge is 0.387 e. The van der Waals surface area contributed by atoms with E-state index in [0.717, 1.165) is 48.6 Å². The lowest BCUT2D eigenvalue weighted by Crippen LogP contribution is -2.41. The number of nitrogens with one attached hydrogen (secondary N) is 1. The van der Waals surface area contributed by atoms with Crippen molar-refractivity contribution in [3.63, 3.8) is 0 Å². The third-order valence-corrected chi connectivity index (χ3v) is 6.24. The number of hydrogen-bond acceptors (Lipinski definition) is 4. The molecule has 0 saturated carbocycles. The molecule has 0 spiro atoms. The molecule has 3 heterocycles. The molecule has 1 saturated heterocycles. The first kappa shape index (κ1) is 21.0. The summed E-state index contributed by atoms with van der Waals surface area (Å²) in [6.07, 6.45) is 9.15. The van der Waals surface area contributed by atoms with Crippen molar-refractivity contribution in [1.29, 1.82) is 0 Å². The lowest BCUT2D eigenvalue weighted by atomic mass is 9.96. The number of carbonyl (C=O) groups is 1. The fourth-order valence-corrected chi connectivity index (χ4v) is 4.59. The average Bonchev–Trinajstić information content (AvgIpc) is 2.85. The van der Waals surface area contributed by atoms with E-state index < -0.39 is 6.03 Å². The van der Waals surface area contributed by atoms with E-state index >= 15 is 0 Å². The number of amidine groups is 1. The van der Waals surface area contributed by atoms with E-state index in [2.05, 4.69) is 49.4 Å². The number of hydrogen-bond donors (Lipinski definition) is 2. The summed E-state index contributed by atoms with van der Waals surface area (Å²) in [6.45, 7) is 2.62. The van der Waals surface area contributed by atoms with Crippen LogP contribution in [-0.2, 0) is 6.54 Å². The number of pyridine rings is 2. The van der Waals surface area contributed by atoms with E-state index in [-0.39, 0.29) is 5.92 Å². The molecular formula is C26H26N6O. The quantitative estimate of drug-likeness (QED) is 0.359. The molecule has 1 aliphatic rings. The number of rotatable bonds is 4. The van der Waals surface area contributed by atoms with Gasteiger partial charge in [0.1, 0.15) is 5.84 Å². The third-order valence-electron chi connectivity index (χ3n) is 6.24. The van der Waals surface area contributed by atoms with Gasteiger partial charge in [0, 0.05) is 60.0 Å². The molecule has 1 fully saturated rings. The Morgan fingerprint density at radius 2 is 1.76 bits per heavy atom. The molecule has 4 aromatic rings. The van der Waals surface area contributed by atoms with Crippen LogP contribution in [0.5, 0.6) is 0 Å². The monoisotopic (exact) mass is 438 g/mol. The van der Waals surface area contributed by atoms with Gasteiger partial charge in [0.2, 0.25) is 0 Å². The minimum atomic E-state index is -0.449. The molecule has 33 heavy (non-hydrogen) atoms. The molecule has 1 atom stereocenters. The van der Waals surface area contributed by atoms with E-state index in [9.17, 15) is 4.79 Å². The molecule has 7 nitrogen and oxygen atoms in total. The standard InChI is InChI=1S/C26H26N6O/c27-25(31-26(33)30-24-8-2-5-19-15-29-12-10-23(19)24)21-7-3-13-32(17-21)16-20-6-1-4-18-14-28-11-9-22(18)20/h1-2,4-6,8-12,14-15,21H,3,7,13,16-17H2,(H3,27,30,31,33). The highest BCUT2D eigenvalue weighted by molar-refractivity contribution is 6.05. The van der Waals surface area contributed by atoms with Crippen molar-refractivity contribution in [1.82, 2.24) is 14.9 Å². The van der Waals surface area contributed by atoms with Crippen LogP contribution in [-0.4, -0.2) is 39.8 Å². The van der Waals surface area contributed by atoms with Gasteiger partial charge in [-0.05, 0) is 48.5 Å². The maximum atomic E-state index is 12.6. The number of likely N-dealkylation sites (tertiary alicyclic amines) is 1. The Morgan fingerprint density at radius 3 is 2.58 bits per heavy atom. The summed E-state index contributed by atoms with van der Waals surface area (Å²) in [5.41, 5.74) is 8.28. The van der Waals surface area contributed by atoms with Gasteiger partial charge in [0.25, 0.3) is 0 Å². The SMILES string of the molecule is N/C(=N\C(=O)Nc1cccc2cnccc12)C1CCCN(Cc2cccc3cnccc23)C1. The molecule has 3 N–H and O–H groups in total. The minimum absolute atomic E-state index is 0.0536. The number of carbonyl (C=O) groups excluding carboxylic acids is 1. The summed E-state index contributed by atoms with van der Waals surface area (Å²) in [5.74, 6) is 0.444. The van der Waals surface area contributed by atoms with Crippen molar-refractivity contribution in [2.75, 3.05) is 18.4 Å². The van der Waals surface area contributed by atoms with Crippen LogP contribution < -0.4 is 11.1 Å². The molecule has 1 aliphatic heterocycles. The average molecular weight is 439 g/mol. The number of amides is 2. The molecule has 0 aliphatic carbocycles. The second kappa shape index (κ2) is 9.34. The predicted molar refractivity (Wildman–Crippen MR) is 132 cm³/mol. The molecular weight excluding hydrogens is 412 g/mol. The zero-order valence-electron chi connectivity index (χ0n) is 18.3. The summed E-state index contributed by atoms with van der Waals surface area (Å²) in [4.78, 5) is 27.5. The normalized spacial score (nSPS) is 17.3. The van der Waals surface area contributed by atoms with Crippen LogP contribution in [0.1, 0.15) is 18.4 Å². The van der Waals surface area contributed by atoms with Crippen LogP contribution in [0.15, 0.2) is 78.3 Å². The van der Waals surface area contributed by atoms with Gasteiger partial charge in [0.15, 0.2) is 0 Å². The Morgan fingerprint density at radius 1 is 1.03 bits per heavy atom. The Kier molecular flexibility index (Phi) is 5.95. The third kappa shape index (κ3) is 4.68. The highest BCUT2D eigenvalue weighted by Crippen LogP contribution is 2.24. The fraction of sp³-hybridized carbons (Fsp3) is 0.231. The van der Waals surface area contributed by atoms with Gasteiger partial charge in [0.05, 0.1) is 5.69 Å². The molecule has 0 bridgehead atoms. The summed E-state index contributed by atoms with van der Waals surface area (Å²) in [5, 5.41) is 7.12. The van der Waals surface area contributed by atoms with Crippen LogP contribution in [0.2, 0.25) is 0 Å². The molecule has 5 rings (SSSR count). The zero-order valence-corrected chi connectivity index (χ0v) is 18.3. The summed E-state index contributed by atoms with van der Waals surface area (Å²) >= 11 is 0. The van der Waals surface area contributed by atoms with Gasteiger partial charge in [-0.25, -0.2) is 4.79 Å². The second-order valence-corrected chi connectivity index (χ2v) is 8.46. The number of fused-ring (bicyclic) bond motifs is 2. The zero-order chi connectivity index (χ0) is 22.6. The number of aliphatic imine (C=N–C) groups is 1. The predicted octanol–water partition coefficient (Wildman–Crippen LogP) is 4.58. The van der Waals surface area contributed by atoms with E-state index in [1.165, 1.54) is 10.9 Å². The van der Waals surface area contributed by atoms with E-state index in [0.29, 0.717) is 11.5 Å². The number of piperidine rings is 1. The molecule has 2 aromatic heterocycles. The van der Waals surface area contributed by atoms with Gasteiger partial charge in [-0.3, -0.25) is 14.9 Å². The van der Waals surface area contributed by atoms with Crippen molar-refractivity contribution in [3.05, 3.63) is 78.9 Å². The van der Waals surface area contributed by atoms with Crippen LogP contribution >= 0.6 is 0 Å². The first-order chi connectivity index (χ1) is 16.2. The molecule has 2 amide bonds. The minimum Gasteiger partial charge on any atom is -0.387 e. The summed E-state index contributed by atoms with van der Waals surface area (Å²) < 4.78 is 0. The molecule has 7 heteroatoms. The number of benzene rings is 2. The molecule has 2 aromatic carbocycles. The highest BCUT2D eigenvalue weighted by Gasteiger charge is 2.24. The Bertz CT molecular complexity index is 1320. The summed E-state index contributed by atoms with van der Waals surface area (Å²) in [7, 11) is 0. The van der Waals surface area contributed by atoms with Crippen molar-refractivity contribution in [3.8, 4) is 0 Å². The molecule has 1 unspecified atom stereocenters. The van der Waals surface area contributed by atoms with Crippen molar-refractivity contribution in [2.24, 2.45) is 16.6 Å². The Hall–Kier alpha value is -3.84. The van der Waals surface area contributed by atoms with Gasteiger partial charge >= 0.3 is 6.03 Å². The number of anilines is 1. The molecule has 166 valence electrons. The fourth-order valence-electron chi connectivity index (χ4n) is 4.59. The van der Waals surface area contributed by atoms with Gasteiger partial charge < -0.3 is 11.1 Å². The van der Waals surface area contributed by atoms with E-state index in [1.807, 2.05) is 36.7 Å². The lowest BCUT2D eigenvalue weighted by molar-refractivity contribution is 0.196. The topological polar surface area (TPSA) is 96.5 Å². The van der Waals surface area contributed by atoms with Crippen LogP contribution in [0.4, 0.5) is 10.5 Å². The van der Waals surface area contributed by atoms with Gasteiger partial charge in [-0.15, -0.1) is 0 Å². The number of nitrogens with two attached hydrogens (primary N) is 1. The smallest absolute Gasteiger partial charge is 0.347 e. The van der Waals surface area contributed by atoms with E-state index in [1.54, 1.807) is 12.4 Å². The van der Waals surface area contributed by atoms with Gasteiger partial charge in [-0.2, -0.15) is 4.99 Å². The summed E-state index contributed by atoms with van der Waals surface area (Å²) in [6, 6.07) is 15.5. The number of aromatic nitrogens is 2. The Balaban J connectivity index is 1.27.